The Morgan fingerprint density at radius 3 is 2.33 bits per heavy atom. The molecular formula is C11H12N4. The topological polar surface area (TPSA) is 69.3 Å². The van der Waals surface area contributed by atoms with E-state index in [9.17, 15) is 0 Å². The lowest BCUT2D eigenvalue weighted by Crippen LogP contribution is -2.22. The summed E-state index contributed by atoms with van der Waals surface area (Å²) in [5.41, 5.74) is 12.4. The average molecular weight is 200 g/mol. The van der Waals surface area contributed by atoms with E-state index in [1.54, 1.807) is 0 Å². The quantitative estimate of drug-likeness (QED) is 0.568. The third-order valence-corrected chi connectivity index (χ3v) is 2.01. The van der Waals surface area contributed by atoms with E-state index >= 15 is 0 Å². The van der Waals surface area contributed by atoms with Crippen LogP contribution in [-0.4, -0.2) is 10.5 Å². The molecule has 0 aliphatic heterocycles. The summed E-state index contributed by atoms with van der Waals surface area (Å²) in [6, 6.07) is 11.6. The van der Waals surface area contributed by atoms with Crippen LogP contribution < -0.4 is 11.5 Å². The molecule has 4 heteroatoms. The monoisotopic (exact) mass is 200 g/mol. The van der Waals surface area contributed by atoms with Gasteiger partial charge in [-0.25, -0.2) is 4.99 Å². The maximum absolute atomic E-state index is 5.37. The standard InChI is InChI=1S/C11H12N4/c12-11(13)14-9-5-1-2-6-10(9)15-7-3-4-8-15/h1-8H,(H4,12,13,14). The van der Waals surface area contributed by atoms with Crippen molar-refractivity contribution in [2.45, 2.75) is 0 Å². The smallest absolute Gasteiger partial charge is 0.191 e. The van der Waals surface area contributed by atoms with Crippen LogP contribution in [0.4, 0.5) is 5.69 Å². The van der Waals surface area contributed by atoms with Crippen LogP contribution in [0.15, 0.2) is 53.8 Å². The zero-order chi connectivity index (χ0) is 10.7. The van der Waals surface area contributed by atoms with E-state index in [-0.39, 0.29) is 5.96 Å². The molecule has 0 saturated carbocycles. The predicted molar refractivity (Wildman–Crippen MR) is 61.2 cm³/mol. The number of aromatic nitrogens is 1. The number of nitrogens with two attached hydrogens (primary N) is 2. The fraction of sp³-hybridized carbons (Fsp3) is 0. The van der Waals surface area contributed by atoms with Crippen molar-refractivity contribution in [3.63, 3.8) is 0 Å². The summed E-state index contributed by atoms with van der Waals surface area (Å²) >= 11 is 0. The Bertz CT molecular complexity index is 467. The zero-order valence-corrected chi connectivity index (χ0v) is 8.17. The lowest BCUT2D eigenvalue weighted by atomic mass is 10.2. The fourth-order valence-electron chi connectivity index (χ4n) is 1.41. The molecule has 1 aromatic heterocycles. The highest BCUT2D eigenvalue weighted by Gasteiger charge is 2.01. The van der Waals surface area contributed by atoms with Crippen molar-refractivity contribution in [3.05, 3.63) is 48.8 Å². The lowest BCUT2D eigenvalue weighted by Gasteiger charge is -2.06. The molecule has 1 heterocycles. The number of rotatable bonds is 2. The molecular weight excluding hydrogens is 188 g/mol. The van der Waals surface area contributed by atoms with Gasteiger partial charge in [-0.15, -0.1) is 0 Å². The number of benzene rings is 1. The zero-order valence-electron chi connectivity index (χ0n) is 8.17. The Hall–Kier alpha value is -2.23. The molecule has 4 N–H and O–H groups in total. The highest BCUT2D eigenvalue weighted by molar-refractivity contribution is 5.80. The largest absolute Gasteiger partial charge is 0.370 e. The van der Waals surface area contributed by atoms with E-state index < -0.39 is 0 Å². The third-order valence-electron chi connectivity index (χ3n) is 2.01. The number of hydrogen-bond donors (Lipinski definition) is 2. The maximum atomic E-state index is 5.37. The molecule has 0 saturated heterocycles. The molecule has 0 bridgehead atoms. The molecule has 2 aromatic rings. The number of guanidine groups is 1. The number of para-hydroxylation sites is 2. The molecule has 4 nitrogen and oxygen atoms in total. The van der Waals surface area contributed by atoms with Gasteiger partial charge in [-0.1, -0.05) is 12.1 Å². The van der Waals surface area contributed by atoms with E-state index in [2.05, 4.69) is 4.99 Å². The van der Waals surface area contributed by atoms with Gasteiger partial charge in [0.25, 0.3) is 0 Å². The summed E-state index contributed by atoms with van der Waals surface area (Å²) < 4.78 is 1.96. The van der Waals surface area contributed by atoms with Gasteiger partial charge in [0.05, 0.1) is 11.4 Å². The second kappa shape index (κ2) is 3.88. The second-order valence-corrected chi connectivity index (χ2v) is 3.12. The van der Waals surface area contributed by atoms with Crippen molar-refractivity contribution in [3.8, 4) is 5.69 Å². The molecule has 76 valence electrons. The third kappa shape index (κ3) is 1.99. The molecule has 2 rings (SSSR count). The summed E-state index contributed by atoms with van der Waals surface area (Å²) in [5, 5.41) is 0. The SMILES string of the molecule is NC(N)=Nc1ccccc1-n1cccc1. The molecule has 0 fully saturated rings. The van der Waals surface area contributed by atoms with Crippen LogP contribution in [0.5, 0.6) is 0 Å². The van der Waals surface area contributed by atoms with Gasteiger partial charge in [0.2, 0.25) is 0 Å². The molecule has 0 unspecified atom stereocenters. The van der Waals surface area contributed by atoms with Crippen LogP contribution in [0.1, 0.15) is 0 Å². The van der Waals surface area contributed by atoms with Crippen molar-refractivity contribution >= 4 is 11.6 Å². The summed E-state index contributed by atoms with van der Waals surface area (Å²) in [6.07, 6.45) is 3.89. The Morgan fingerprint density at radius 2 is 1.67 bits per heavy atom. The van der Waals surface area contributed by atoms with Crippen molar-refractivity contribution in [2.24, 2.45) is 16.5 Å². The summed E-state index contributed by atoms with van der Waals surface area (Å²) in [6.45, 7) is 0. The maximum Gasteiger partial charge on any atom is 0.191 e. The van der Waals surface area contributed by atoms with Gasteiger partial charge in [-0.05, 0) is 24.3 Å². The molecule has 0 radical (unpaired) electrons. The van der Waals surface area contributed by atoms with Crippen molar-refractivity contribution in [2.75, 3.05) is 0 Å². The first-order valence-electron chi connectivity index (χ1n) is 4.59. The molecule has 1 aromatic carbocycles. The average Bonchev–Trinajstić information content (AvgIpc) is 2.70. The van der Waals surface area contributed by atoms with Gasteiger partial charge in [0, 0.05) is 12.4 Å². The van der Waals surface area contributed by atoms with Gasteiger partial charge in [-0.2, -0.15) is 0 Å². The Balaban J connectivity index is 2.52. The summed E-state index contributed by atoms with van der Waals surface area (Å²) in [4.78, 5) is 4.07. The van der Waals surface area contributed by atoms with Crippen LogP contribution in [0.25, 0.3) is 5.69 Å². The van der Waals surface area contributed by atoms with E-state index in [0.717, 1.165) is 11.4 Å². The fourth-order valence-corrected chi connectivity index (χ4v) is 1.41. The first-order chi connectivity index (χ1) is 7.27. The van der Waals surface area contributed by atoms with E-state index in [0.29, 0.717) is 0 Å². The summed E-state index contributed by atoms with van der Waals surface area (Å²) in [5.74, 6) is 0.0645. The van der Waals surface area contributed by atoms with Crippen LogP contribution in [0.2, 0.25) is 0 Å². The van der Waals surface area contributed by atoms with Crippen molar-refractivity contribution < 1.29 is 0 Å². The number of aliphatic imine (C=N–C) groups is 1. The number of hydrogen-bond acceptors (Lipinski definition) is 1. The highest BCUT2D eigenvalue weighted by atomic mass is 15.0. The molecule has 0 atom stereocenters. The van der Waals surface area contributed by atoms with Crippen molar-refractivity contribution in [1.82, 2.24) is 4.57 Å². The minimum Gasteiger partial charge on any atom is -0.370 e. The van der Waals surface area contributed by atoms with E-state index in [1.165, 1.54) is 0 Å². The van der Waals surface area contributed by atoms with E-state index in [1.807, 2.05) is 53.4 Å². The van der Waals surface area contributed by atoms with Crippen LogP contribution in [-0.2, 0) is 0 Å². The Kier molecular flexibility index (Phi) is 2.41. The molecule has 15 heavy (non-hydrogen) atoms. The number of nitrogens with zero attached hydrogens (tertiary/aromatic N) is 2. The Labute approximate surface area is 87.8 Å². The summed E-state index contributed by atoms with van der Waals surface area (Å²) in [7, 11) is 0. The van der Waals surface area contributed by atoms with Gasteiger partial charge in [-0.3, -0.25) is 0 Å². The molecule has 0 amide bonds. The molecule has 0 aliphatic rings. The predicted octanol–water partition coefficient (Wildman–Crippen LogP) is 1.38. The highest BCUT2D eigenvalue weighted by Crippen LogP contribution is 2.22. The Morgan fingerprint density at radius 1 is 1.00 bits per heavy atom. The van der Waals surface area contributed by atoms with Gasteiger partial charge < -0.3 is 16.0 Å². The normalized spacial score (nSPS) is 9.87. The molecule has 0 aliphatic carbocycles. The first-order valence-corrected chi connectivity index (χ1v) is 4.59. The van der Waals surface area contributed by atoms with Gasteiger partial charge in [0.15, 0.2) is 5.96 Å². The minimum atomic E-state index is 0.0645. The first kappa shape index (κ1) is 9.33. The van der Waals surface area contributed by atoms with Crippen LogP contribution in [0.3, 0.4) is 0 Å². The second-order valence-electron chi connectivity index (χ2n) is 3.12. The lowest BCUT2D eigenvalue weighted by molar-refractivity contribution is 1.08. The minimum absolute atomic E-state index is 0.0645. The van der Waals surface area contributed by atoms with Gasteiger partial charge >= 0.3 is 0 Å². The van der Waals surface area contributed by atoms with E-state index in [4.69, 9.17) is 11.5 Å². The van der Waals surface area contributed by atoms with Crippen LogP contribution in [0, 0.1) is 0 Å². The van der Waals surface area contributed by atoms with Crippen molar-refractivity contribution in [1.29, 1.82) is 0 Å². The molecule has 0 spiro atoms. The van der Waals surface area contributed by atoms with Gasteiger partial charge in [0.1, 0.15) is 0 Å². The van der Waals surface area contributed by atoms with Crippen LogP contribution >= 0.6 is 0 Å².